The molecule has 6 heterocycles. The van der Waals surface area contributed by atoms with E-state index >= 15 is 0 Å². The van der Waals surface area contributed by atoms with E-state index in [1.54, 1.807) is 61.9 Å². The molecule has 4 fully saturated rings. The van der Waals surface area contributed by atoms with Crippen LogP contribution in [0.3, 0.4) is 0 Å². The molecular formula is C64H72FN3O15. The fourth-order valence-corrected chi connectivity index (χ4v) is 16.2. The van der Waals surface area contributed by atoms with E-state index in [4.69, 9.17) is 37.8 Å². The van der Waals surface area contributed by atoms with E-state index < -0.39 is 98.1 Å². The number of hydrogen-bond donors (Lipinski definition) is 3. The number of carbonyl (C=O) groups is 3. The molecule has 6 unspecified atom stereocenters. The van der Waals surface area contributed by atoms with Gasteiger partial charge in [0, 0.05) is 84.6 Å². The second-order valence-corrected chi connectivity index (χ2v) is 25.5. The minimum absolute atomic E-state index is 0.0264. The summed E-state index contributed by atoms with van der Waals surface area (Å²) in [5.74, 6) is -2.98. The average molecular weight is 1140 g/mol. The number of aliphatic hydroxyl groups is 3. The maximum atomic E-state index is 14.6. The van der Waals surface area contributed by atoms with Gasteiger partial charge >= 0.3 is 29.2 Å². The summed E-state index contributed by atoms with van der Waals surface area (Å²) in [7, 11) is 0. The van der Waals surface area contributed by atoms with E-state index in [1.807, 2.05) is 13.8 Å². The van der Waals surface area contributed by atoms with Crippen molar-refractivity contribution in [3.05, 3.63) is 128 Å². The first-order valence-corrected chi connectivity index (χ1v) is 28.4. The van der Waals surface area contributed by atoms with E-state index in [0.717, 1.165) is 25.3 Å². The molecular weight excluding hydrogens is 1070 g/mol. The van der Waals surface area contributed by atoms with Crippen LogP contribution in [0.4, 0.5) is 4.39 Å². The summed E-state index contributed by atoms with van der Waals surface area (Å²) in [5, 5.41) is 44.7. The Bertz CT molecular complexity index is 3520. The fraction of sp³-hybridized carbons (Fsp3) is 0.531. The van der Waals surface area contributed by atoms with Crippen molar-refractivity contribution in [2.45, 2.75) is 143 Å². The summed E-state index contributed by atoms with van der Waals surface area (Å²) in [6, 6.07) is 15.3. The SMILES string of the molecule is CC(=O)OCC1(C)C2C[C@H](O)[C@@]3(C)Oc4cc(-c5cccnc5)oc(=O)c4[C@H](O)C3[C@@]2(C)CC[C@@H]1C.CC(=O)OCC1(C)C2C[C@H](OC(=O)c3ccc(C#N)c(F)c3)[C@@]3(C)Oc4cc(-c5cccnc5)oc(=O)c4[C@H](O)C3[C@@]2(C)CC[C@@H]1C. The van der Waals surface area contributed by atoms with Crippen molar-refractivity contribution in [2.75, 3.05) is 13.2 Å². The number of pyridine rings is 2. The van der Waals surface area contributed by atoms with Crippen LogP contribution in [0.25, 0.3) is 22.6 Å². The van der Waals surface area contributed by atoms with Crippen molar-refractivity contribution in [2.24, 2.45) is 57.2 Å². The predicted molar refractivity (Wildman–Crippen MR) is 296 cm³/mol. The molecule has 18 nitrogen and oxygen atoms in total. The van der Waals surface area contributed by atoms with Crippen LogP contribution in [-0.4, -0.2) is 79.8 Å². The van der Waals surface area contributed by atoms with Gasteiger partial charge in [-0.1, -0.05) is 41.5 Å². The number of rotatable bonds is 8. The zero-order chi connectivity index (χ0) is 59.9. The van der Waals surface area contributed by atoms with Crippen LogP contribution in [0.15, 0.2) is 97.8 Å². The summed E-state index contributed by atoms with van der Waals surface area (Å²) >= 11 is 0. The second kappa shape index (κ2) is 21.4. The van der Waals surface area contributed by atoms with Gasteiger partial charge in [0.2, 0.25) is 0 Å². The largest absolute Gasteiger partial charge is 0.484 e. The van der Waals surface area contributed by atoms with Crippen molar-refractivity contribution < 1.29 is 66.6 Å². The third kappa shape index (κ3) is 9.71. The lowest BCUT2D eigenvalue weighted by atomic mass is 9.41. The van der Waals surface area contributed by atoms with Gasteiger partial charge in [-0.05, 0) is 129 Å². The number of fused-ring (bicyclic) bond motifs is 8. The van der Waals surface area contributed by atoms with Crippen LogP contribution in [0.5, 0.6) is 11.5 Å². The summed E-state index contributed by atoms with van der Waals surface area (Å²) in [5.41, 5.74) is -5.17. The molecule has 4 aliphatic carbocycles. The fourth-order valence-electron chi connectivity index (χ4n) is 16.2. The minimum Gasteiger partial charge on any atom is -0.484 e. The first-order chi connectivity index (χ1) is 39.1. The first-order valence-electron chi connectivity index (χ1n) is 28.4. The van der Waals surface area contributed by atoms with Gasteiger partial charge in [0.15, 0.2) is 0 Å². The number of carbonyl (C=O) groups excluding carboxylic acids is 3. The van der Waals surface area contributed by atoms with Crippen LogP contribution < -0.4 is 20.7 Å². The van der Waals surface area contributed by atoms with E-state index in [9.17, 15) is 43.7 Å². The van der Waals surface area contributed by atoms with Crippen molar-refractivity contribution in [1.29, 1.82) is 5.26 Å². The third-order valence-electron chi connectivity index (χ3n) is 21.0. The Kier molecular flexibility index (Phi) is 15.2. The van der Waals surface area contributed by atoms with Gasteiger partial charge in [-0.15, -0.1) is 0 Å². The molecule has 6 aliphatic rings. The Morgan fingerprint density at radius 2 is 1.17 bits per heavy atom. The Balaban J connectivity index is 0.000000192. The highest BCUT2D eigenvalue weighted by Gasteiger charge is 2.71. The molecule has 0 saturated heterocycles. The first kappa shape index (κ1) is 58.9. The van der Waals surface area contributed by atoms with Gasteiger partial charge in [0.1, 0.15) is 63.3 Å². The summed E-state index contributed by atoms with van der Waals surface area (Å²) in [6.07, 6.45) is 5.66. The number of aromatic nitrogens is 2. The molecule has 19 heteroatoms. The van der Waals surface area contributed by atoms with Crippen molar-refractivity contribution in [1.82, 2.24) is 9.97 Å². The molecule has 0 spiro atoms. The Hall–Kier alpha value is -7.27. The van der Waals surface area contributed by atoms with Gasteiger partial charge in [-0.25, -0.2) is 18.8 Å². The smallest absolute Gasteiger partial charge is 0.345 e. The summed E-state index contributed by atoms with van der Waals surface area (Å²) in [4.78, 5) is 72.3. The number of hydrogen-bond acceptors (Lipinski definition) is 18. The van der Waals surface area contributed by atoms with Crippen molar-refractivity contribution in [3.63, 3.8) is 0 Å². The zero-order valence-corrected chi connectivity index (χ0v) is 48.4. The Labute approximate surface area is 480 Å². The molecule has 0 amide bonds. The van der Waals surface area contributed by atoms with Gasteiger partial charge in [-0.3, -0.25) is 19.6 Å². The Morgan fingerprint density at radius 1 is 0.699 bits per heavy atom. The monoisotopic (exact) mass is 1140 g/mol. The average Bonchev–Trinajstić information content (AvgIpc) is 2.29. The van der Waals surface area contributed by atoms with E-state index in [-0.39, 0.29) is 94.5 Å². The molecule has 1 aromatic carbocycles. The molecule has 16 atom stereocenters. The number of halogens is 1. The lowest BCUT2D eigenvalue weighted by Gasteiger charge is -2.66. The summed E-state index contributed by atoms with van der Waals surface area (Å²) in [6.45, 7) is 19.3. The molecule has 4 aromatic heterocycles. The molecule has 83 heavy (non-hydrogen) atoms. The maximum Gasteiger partial charge on any atom is 0.345 e. The van der Waals surface area contributed by atoms with Crippen molar-refractivity contribution >= 4 is 17.9 Å². The van der Waals surface area contributed by atoms with Crippen LogP contribution in [0.2, 0.25) is 0 Å². The second-order valence-electron chi connectivity index (χ2n) is 25.5. The zero-order valence-electron chi connectivity index (χ0n) is 48.4. The lowest BCUT2D eigenvalue weighted by Crippen LogP contribution is -2.70. The number of esters is 3. The van der Waals surface area contributed by atoms with E-state index in [1.165, 1.54) is 38.2 Å². The van der Waals surface area contributed by atoms with Gasteiger partial charge in [0.25, 0.3) is 0 Å². The Morgan fingerprint density at radius 3 is 1.61 bits per heavy atom. The lowest BCUT2D eigenvalue weighted by molar-refractivity contribution is -0.257. The van der Waals surface area contributed by atoms with Gasteiger partial charge < -0.3 is 47.8 Å². The van der Waals surface area contributed by atoms with Crippen LogP contribution in [0.1, 0.15) is 147 Å². The van der Waals surface area contributed by atoms with E-state index in [2.05, 4.69) is 44.6 Å². The molecule has 0 bridgehead atoms. The number of benzene rings is 1. The van der Waals surface area contributed by atoms with Crippen LogP contribution in [-0.2, 0) is 23.8 Å². The van der Waals surface area contributed by atoms with E-state index in [0.29, 0.717) is 24.0 Å². The maximum absolute atomic E-state index is 14.6. The summed E-state index contributed by atoms with van der Waals surface area (Å²) < 4.78 is 56.4. The van der Waals surface area contributed by atoms with Crippen molar-refractivity contribution in [3.8, 4) is 40.2 Å². The standard InChI is InChI=1S/C36H37FN2O8.C28H35NO7/c1-19-10-11-34(3)27(35(19,4)18-44-20(2)40)15-28(46-32(42)21-8-9-22(16-38)24(37)13-21)36(5)31(34)30(41)29-26(47-36)14-25(45-33(29)43)23-7-6-12-39-17-23;1-15-8-9-26(3)20(27(15,4)14-34-16(2)30)12-21(31)28(5)24(26)23(32)22-19(36-28)11-18(35-25(22)33)17-7-6-10-29-13-17/h6-9,12-14,17,19,27-28,30-31,41H,10-11,15,18H2,1-5H3;6-7,10-11,13,15,20-21,23-24,31-32H,8-9,12,14H2,1-5H3/t19-,27?,28-,30-,31?,34-,35?,36+;15-,20?,21-,23-,24?,26-,27?,28+/m00/s1. The number of nitriles is 1. The van der Waals surface area contributed by atoms with Gasteiger partial charge in [0.05, 0.1) is 42.7 Å². The number of ether oxygens (including phenoxy) is 5. The highest BCUT2D eigenvalue weighted by molar-refractivity contribution is 5.89. The molecule has 4 saturated carbocycles. The molecule has 5 aromatic rings. The normalized spacial score (nSPS) is 35.4. The molecule has 0 radical (unpaired) electrons. The minimum atomic E-state index is -1.37. The third-order valence-corrected chi connectivity index (χ3v) is 21.0. The molecule has 440 valence electrons. The highest BCUT2D eigenvalue weighted by Crippen LogP contribution is 2.70. The molecule has 11 rings (SSSR count). The van der Waals surface area contributed by atoms with Gasteiger partial charge in [-0.2, -0.15) is 5.26 Å². The highest BCUT2D eigenvalue weighted by atomic mass is 19.1. The topological polar surface area (TPSA) is 268 Å². The quantitative estimate of drug-likeness (QED) is 0.0963. The molecule has 3 N–H and O–H groups in total. The molecule has 2 aliphatic heterocycles. The van der Waals surface area contributed by atoms with Crippen LogP contribution >= 0.6 is 0 Å². The predicted octanol–water partition coefficient (Wildman–Crippen LogP) is 9.65. The van der Waals surface area contributed by atoms with Crippen LogP contribution in [0, 0.1) is 74.3 Å². The number of nitrogens with zero attached hydrogens (tertiary/aromatic N) is 3. The number of aliphatic hydroxyl groups excluding tert-OH is 3.